The van der Waals surface area contributed by atoms with Gasteiger partial charge in [-0.1, -0.05) is 0 Å². The third kappa shape index (κ3) is 2.50. The molecule has 2 aromatic carbocycles. The smallest absolute Gasteiger partial charge is 0.131 e. The van der Waals surface area contributed by atoms with E-state index in [1.165, 1.54) is 11.1 Å². The second kappa shape index (κ2) is 6.01. The summed E-state index contributed by atoms with van der Waals surface area (Å²) in [6, 6.07) is 10.2. The fourth-order valence-electron chi connectivity index (χ4n) is 3.03. The number of methoxy groups -OCH3 is 2. The van der Waals surface area contributed by atoms with Crippen LogP contribution in [0.25, 0.3) is 22.6 Å². The molecule has 0 saturated carbocycles. The van der Waals surface area contributed by atoms with Crippen LogP contribution < -0.4 is 14.8 Å². The zero-order valence-electron chi connectivity index (χ0n) is 13.3. The van der Waals surface area contributed by atoms with Gasteiger partial charge >= 0.3 is 0 Å². The molecular weight excluding hydrogens is 417 g/mol. The Hall–Kier alpha value is -2.22. The highest BCUT2D eigenvalue weighted by Crippen LogP contribution is 2.36. The van der Waals surface area contributed by atoms with E-state index in [-0.39, 0.29) is 0 Å². The van der Waals surface area contributed by atoms with Gasteiger partial charge in [0, 0.05) is 17.8 Å². The zero-order valence-corrected chi connectivity index (χ0v) is 15.5. The number of benzene rings is 2. The molecule has 2 heterocycles. The highest BCUT2D eigenvalue weighted by atomic mass is 127. The Kier molecular flexibility index (Phi) is 3.84. The molecule has 0 saturated heterocycles. The average Bonchev–Trinajstić information content (AvgIpc) is 3.18. The molecule has 0 spiro atoms. The molecule has 0 fully saturated rings. The van der Waals surface area contributed by atoms with E-state index < -0.39 is 0 Å². The third-order valence-corrected chi connectivity index (χ3v) is 4.98. The van der Waals surface area contributed by atoms with Crippen LogP contribution in [0.1, 0.15) is 11.1 Å². The number of aromatic nitrogens is 2. The largest absolute Gasteiger partial charge is 0.497 e. The number of hydrogen-bond donors (Lipinski definition) is 2. The van der Waals surface area contributed by atoms with Crippen LogP contribution in [0.15, 0.2) is 30.3 Å². The molecule has 0 radical (unpaired) electrons. The lowest BCUT2D eigenvalue weighted by atomic mass is 10.0. The maximum atomic E-state index is 5.55. The van der Waals surface area contributed by atoms with E-state index >= 15 is 0 Å². The van der Waals surface area contributed by atoms with Crippen molar-refractivity contribution in [1.82, 2.24) is 10.2 Å². The maximum Gasteiger partial charge on any atom is 0.131 e. The second-order valence-corrected chi connectivity index (χ2v) is 6.67. The zero-order chi connectivity index (χ0) is 16.7. The molecule has 24 heavy (non-hydrogen) atoms. The summed E-state index contributed by atoms with van der Waals surface area (Å²) in [6.45, 7) is 0.793. The quantitative estimate of drug-likeness (QED) is 0.610. The van der Waals surface area contributed by atoms with Crippen LogP contribution in [0.2, 0.25) is 0 Å². The average molecular weight is 433 g/mol. The highest BCUT2D eigenvalue weighted by Gasteiger charge is 2.17. The van der Waals surface area contributed by atoms with Gasteiger partial charge in [0.2, 0.25) is 0 Å². The molecule has 0 amide bonds. The molecule has 1 aromatic heterocycles. The van der Waals surface area contributed by atoms with Gasteiger partial charge in [0.05, 0.1) is 25.1 Å². The number of halogens is 1. The van der Waals surface area contributed by atoms with Gasteiger partial charge in [-0.2, -0.15) is 5.10 Å². The number of ether oxygens (including phenoxy) is 2. The summed E-state index contributed by atoms with van der Waals surface area (Å²) < 4.78 is 11.9. The molecule has 0 atom stereocenters. The summed E-state index contributed by atoms with van der Waals surface area (Å²) in [5, 5.41) is 11.8. The molecular formula is C18H16IN3O2. The molecule has 0 bridgehead atoms. The molecule has 2 N–H and O–H groups in total. The Bertz CT molecular complexity index is 962. The lowest BCUT2D eigenvalue weighted by molar-refractivity contribution is 0.415. The molecule has 4 rings (SSSR count). The lowest BCUT2D eigenvalue weighted by Gasteiger charge is -2.06. The van der Waals surface area contributed by atoms with E-state index in [2.05, 4.69) is 62.4 Å². The van der Waals surface area contributed by atoms with Crippen molar-refractivity contribution < 1.29 is 9.47 Å². The number of rotatable bonds is 3. The predicted octanol–water partition coefficient (Wildman–Crippen LogP) is 4.15. The monoisotopic (exact) mass is 433 g/mol. The van der Waals surface area contributed by atoms with Crippen molar-refractivity contribution in [2.45, 2.75) is 0 Å². The SMILES string of the molecule is COc1ccc2c(c1)/C(=C\c1cc(OC)c3c(I)[nH]nc3c1)CN2. The molecule has 122 valence electrons. The van der Waals surface area contributed by atoms with Crippen LogP contribution in [0.4, 0.5) is 5.69 Å². The van der Waals surface area contributed by atoms with E-state index in [1.54, 1.807) is 14.2 Å². The summed E-state index contributed by atoms with van der Waals surface area (Å²) >= 11 is 2.23. The van der Waals surface area contributed by atoms with Crippen LogP contribution in [0.3, 0.4) is 0 Å². The lowest BCUT2D eigenvalue weighted by Crippen LogP contribution is -1.91. The van der Waals surface area contributed by atoms with Gasteiger partial charge in [-0.05, 0) is 70.1 Å². The fourth-order valence-corrected chi connectivity index (χ4v) is 3.69. The van der Waals surface area contributed by atoms with Gasteiger partial charge in [-0.3, -0.25) is 5.10 Å². The first-order valence-electron chi connectivity index (χ1n) is 7.54. The number of nitrogens with zero attached hydrogens (tertiary/aromatic N) is 1. The minimum absolute atomic E-state index is 0.793. The molecule has 3 aromatic rings. The van der Waals surface area contributed by atoms with Gasteiger partial charge < -0.3 is 14.8 Å². The van der Waals surface area contributed by atoms with Crippen molar-refractivity contribution in [2.24, 2.45) is 0 Å². The van der Waals surface area contributed by atoms with E-state index in [1.807, 2.05) is 12.1 Å². The van der Waals surface area contributed by atoms with Crippen LogP contribution in [-0.4, -0.2) is 31.0 Å². The van der Waals surface area contributed by atoms with Crippen molar-refractivity contribution in [1.29, 1.82) is 0 Å². The molecule has 5 nitrogen and oxygen atoms in total. The van der Waals surface area contributed by atoms with Crippen molar-refractivity contribution >= 4 is 50.8 Å². The Morgan fingerprint density at radius 1 is 1.17 bits per heavy atom. The van der Waals surface area contributed by atoms with Gasteiger partial charge in [0.25, 0.3) is 0 Å². The normalized spacial score (nSPS) is 14.7. The third-order valence-electron chi connectivity index (χ3n) is 4.20. The Morgan fingerprint density at radius 2 is 2.04 bits per heavy atom. The van der Waals surface area contributed by atoms with Gasteiger partial charge in [-0.25, -0.2) is 0 Å². The minimum Gasteiger partial charge on any atom is -0.497 e. The van der Waals surface area contributed by atoms with Gasteiger partial charge in [0.1, 0.15) is 15.2 Å². The number of aromatic amines is 1. The minimum atomic E-state index is 0.793. The summed E-state index contributed by atoms with van der Waals surface area (Å²) in [6.07, 6.45) is 2.17. The molecule has 1 aliphatic heterocycles. The van der Waals surface area contributed by atoms with Gasteiger partial charge in [0.15, 0.2) is 0 Å². The van der Waals surface area contributed by atoms with Crippen molar-refractivity contribution in [3.05, 3.63) is 45.2 Å². The van der Waals surface area contributed by atoms with Gasteiger partial charge in [-0.15, -0.1) is 0 Å². The summed E-state index contributed by atoms with van der Waals surface area (Å²) in [5.74, 6) is 1.69. The number of H-pyrrole nitrogens is 1. The van der Waals surface area contributed by atoms with E-state index in [9.17, 15) is 0 Å². The van der Waals surface area contributed by atoms with Crippen LogP contribution in [-0.2, 0) is 0 Å². The first-order chi connectivity index (χ1) is 11.7. The first-order valence-corrected chi connectivity index (χ1v) is 8.62. The van der Waals surface area contributed by atoms with E-state index in [0.717, 1.165) is 43.9 Å². The van der Waals surface area contributed by atoms with Crippen LogP contribution in [0.5, 0.6) is 11.5 Å². The highest BCUT2D eigenvalue weighted by molar-refractivity contribution is 14.1. The Balaban J connectivity index is 1.82. The van der Waals surface area contributed by atoms with E-state index in [0.29, 0.717) is 0 Å². The van der Waals surface area contributed by atoms with Crippen molar-refractivity contribution in [3.8, 4) is 11.5 Å². The molecule has 6 heteroatoms. The summed E-state index contributed by atoms with van der Waals surface area (Å²) in [4.78, 5) is 0. The Morgan fingerprint density at radius 3 is 2.83 bits per heavy atom. The first kappa shape index (κ1) is 15.3. The molecule has 1 aliphatic rings. The number of anilines is 1. The number of nitrogens with one attached hydrogen (secondary N) is 2. The van der Waals surface area contributed by atoms with Crippen molar-refractivity contribution in [2.75, 3.05) is 26.1 Å². The standard InChI is InChI=1S/C18H16IN3O2/c1-23-12-3-4-14-13(8-12)11(9-20-14)5-10-6-15-17(16(7-10)24-2)18(19)22-21-15/h3-8,20H,9H2,1-2H3,(H,21,22)/b11-5-. The van der Waals surface area contributed by atoms with Crippen LogP contribution >= 0.6 is 22.6 Å². The van der Waals surface area contributed by atoms with Crippen LogP contribution in [0, 0.1) is 3.70 Å². The molecule has 0 aliphatic carbocycles. The van der Waals surface area contributed by atoms with E-state index in [4.69, 9.17) is 9.47 Å². The maximum absolute atomic E-state index is 5.55. The number of hydrogen-bond acceptors (Lipinski definition) is 4. The molecule has 0 unspecified atom stereocenters. The summed E-state index contributed by atoms with van der Waals surface area (Å²) in [5.41, 5.74) is 5.49. The topological polar surface area (TPSA) is 59.2 Å². The predicted molar refractivity (Wildman–Crippen MR) is 105 cm³/mol. The summed E-state index contributed by atoms with van der Waals surface area (Å²) in [7, 11) is 3.37. The number of fused-ring (bicyclic) bond motifs is 2. The fraction of sp³-hybridized carbons (Fsp3) is 0.167. The van der Waals surface area contributed by atoms with Crippen molar-refractivity contribution in [3.63, 3.8) is 0 Å². The second-order valence-electron chi connectivity index (χ2n) is 5.59. The Labute approximate surface area is 153 Å².